The minimum atomic E-state index is -1.10. The van der Waals surface area contributed by atoms with Gasteiger partial charge in [0.2, 0.25) is 11.8 Å². The number of hydrogen-bond acceptors (Lipinski definition) is 8. The van der Waals surface area contributed by atoms with E-state index in [2.05, 4.69) is 48.5 Å². The van der Waals surface area contributed by atoms with Crippen LogP contribution in [-0.4, -0.2) is 40.2 Å². The molecule has 6 aromatic carbocycles. The molecule has 0 saturated heterocycles. The highest BCUT2D eigenvalue weighted by molar-refractivity contribution is 6.07. The van der Waals surface area contributed by atoms with E-state index in [1.54, 1.807) is 28.4 Å². The SMILES string of the molecule is COc1cc(CC(Cc2cc(OC)cc(OC)c2)(C2=N[C@H](c3ccccc3)[C@H](c3ccccc3)O2)C2=N[C@H](c3ccccc3)[C@H](c3ccccc3)O2)cc(OC)c1. The fourth-order valence-corrected chi connectivity index (χ4v) is 7.97. The maximum atomic E-state index is 7.31. The van der Waals surface area contributed by atoms with Gasteiger partial charge in [-0.05, 0) is 70.5 Å². The van der Waals surface area contributed by atoms with Gasteiger partial charge in [-0.2, -0.15) is 0 Å². The van der Waals surface area contributed by atoms with Crippen molar-refractivity contribution in [3.8, 4) is 23.0 Å². The van der Waals surface area contributed by atoms with Gasteiger partial charge in [0.05, 0.1) is 28.4 Å². The van der Waals surface area contributed by atoms with E-state index < -0.39 is 17.6 Å². The lowest BCUT2D eigenvalue weighted by Crippen LogP contribution is -2.44. The van der Waals surface area contributed by atoms with Crippen molar-refractivity contribution < 1.29 is 28.4 Å². The topological polar surface area (TPSA) is 80.1 Å². The van der Waals surface area contributed by atoms with Crippen LogP contribution >= 0.6 is 0 Å². The first-order chi connectivity index (χ1) is 28.0. The normalized spacial score (nSPS) is 18.8. The van der Waals surface area contributed by atoms with Crippen LogP contribution in [0.5, 0.6) is 23.0 Å². The molecule has 8 nitrogen and oxygen atoms in total. The summed E-state index contributed by atoms with van der Waals surface area (Å²) in [6.07, 6.45) is -0.0767. The molecule has 0 bridgehead atoms. The second-order valence-corrected chi connectivity index (χ2v) is 14.4. The third-order valence-electron chi connectivity index (χ3n) is 10.8. The Hall–Kier alpha value is -6.54. The predicted molar refractivity (Wildman–Crippen MR) is 223 cm³/mol. The summed E-state index contributed by atoms with van der Waals surface area (Å²) in [7, 11) is 6.64. The summed E-state index contributed by atoms with van der Waals surface area (Å²) in [5.74, 6) is 3.70. The molecule has 0 unspecified atom stereocenters. The van der Waals surface area contributed by atoms with Crippen LogP contribution < -0.4 is 18.9 Å². The Labute approximate surface area is 334 Å². The van der Waals surface area contributed by atoms with Crippen LogP contribution in [0.25, 0.3) is 0 Å². The van der Waals surface area contributed by atoms with Gasteiger partial charge >= 0.3 is 0 Å². The summed E-state index contributed by atoms with van der Waals surface area (Å²) in [6.45, 7) is 0. The molecule has 0 aromatic heterocycles. The minimum absolute atomic E-state index is 0.348. The van der Waals surface area contributed by atoms with Gasteiger partial charge in [0, 0.05) is 12.1 Å². The summed E-state index contributed by atoms with van der Waals surface area (Å²) in [5, 5.41) is 0. The summed E-state index contributed by atoms with van der Waals surface area (Å²) >= 11 is 0. The molecule has 0 N–H and O–H groups in total. The largest absolute Gasteiger partial charge is 0.497 e. The molecule has 0 aliphatic carbocycles. The van der Waals surface area contributed by atoms with E-state index in [9.17, 15) is 0 Å². The molecule has 8 rings (SSSR count). The Kier molecular flexibility index (Phi) is 10.9. The molecule has 0 radical (unpaired) electrons. The Bertz CT molecular complexity index is 2120. The van der Waals surface area contributed by atoms with E-state index in [4.69, 9.17) is 38.4 Å². The lowest BCUT2D eigenvalue weighted by molar-refractivity contribution is 0.154. The average molecular weight is 759 g/mol. The van der Waals surface area contributed by atoms with Crippen molar-refractivity contribution in [2.75, 3.05) is 28.4 Å². The van der Waals surface area contributed by atoms with Gasteiger partial charge in [-0.1, -0.05) is 121 Å². The third kappa shape index (κ3) is 7.81. The molecule has 6 aromatic rings. The first-order valence-corrected chi connectivity index (χ1v) is 19.1. The molecule has 2 heterocycles. The Morgan fingerprint density at radius 2 is 0.719 bits per heavy atom. The molecule has 57 heavy (non-hydrogen) atoms. The summed E-state index contributed by atoms with van der Waals surface area (Å²) in [5.41, 5.74) is 4.88. The molecule has 4 atom stereocenters. The van der Waals surface area contributed by atoms with Gasteiger partial charge in [-0.25, -0.2) is 9.98 Å². The summed E-state index contributed by atoms with van der Waals surface area (Å²) in [4.78, 5) is 11.2. The van der Waals surface area contributed by atoms with Crippen LogP contribution in [0.3, 0.4) is 0 Å². The highest BCUT2D eigenvalue weighted by atomic mass is 16.5. The van der Waals surface area contributed by atoms with E-state index >= 15 is 0 Å². The fourth-order valence-electron chi connectivity index (χ4n) is 7.97. The van der Waals surface area contributed by atoms with Crippen LogP contribution in [0, 0.1) is 5.41 Å². The van der Waals surface area contributed by atoms with E-state index in [1.807, 2.05) is 109 Å². The van der Waals surface area contributed by atoms with Gasteiger partial charge in [0.15, 0.2) is 12.2 Å². The summed E-state index contributed by atoms with van der Waals surface area (Å²) < 4.78 is 37.8. The Balaban J connectivity index is 1.39. The third-order valence-corrected chi connectivity index (χ3v) is 10.8. The zero-order valence-electron chi connectivity index (χ0n) is 32.6. The van der Waals surface area contributed by atoms with Gasteiger partial charge in [-0.15, -0.1) is 0 Å². The van der Waals surface area contributed by atoms with Gasteiger partial charge < -0.3 is 28.4 Å². The molecule has 2 aliphatic rings. The number of benzene rings is 6. The highest BCUT2D eigenvalue weighted by Crippen LogP contribution is 2.51. The van der Waals surface area contributed by atoms with Crippen molar-refractivity contribution in [1.29, 1.82) is 0 Å². The van der Waals surface area contributed by atoms with Gasteiger partial charge in [-0.3, -0.25) is 0 Å². The van der Waals surface area contributed by atoms with Gasteiger partial charge in [0.25, 0.3) is 0 Å². The van der Waals surface area contributed by atoms with Crippen molar-refractivity contribution in [1.82, 2.24) is 0 Å². The molecule has 8 heteroatoms. The van der Waals surface area contributed by atoms with Crippen LogP contribution in [0.4, 0.5) is 0 Å². The van der Waals surface area contributed by atoms with E-state index in [0.717, 1.165) is 33.4 Å². The number of ether oxygens (including phenoxy) is 6. The standard InChI is InChI=1S/C49H46N2O6/c1-52-39-25-33(26-40(29-39)53-2)31-49(32-34-27-41(54-3)30-42(28-34)55-4,47-50-43(35-17-9-5-10-18-35)45(56-47)37-21-13-7-14-22-37)48-51-44(36-19-11-6-12-20-36)46(57-48)38-23-15-8-16-24-38/h5-30,43-46H,31-32H2,1-4H3/t43-,44-,45+,46+/m1/s1. The fraction of sp³-hybridized carbons (Fsp3) is 0.224. The van der Waals surface area contributed by atoms with Crippen LogP contribution in [0.2, 0.25) is 0 Å². The minimum Gasteiger partial charge on any atom is -0.497 e. The quantitative estimate of drug-likeness (QED) is 0.110. The lowest BCUT2D eigenvalue weighted by atomic mass is 9.75. The molecule has 288 valence electrons. The number of nitrogens with zero attached hydrogens (tertiary/aromatic N) is 2. The molecule has 0 saturated carbocycles. The van der Waals surface area contributed by atoms with E-state index in [0.29, 0.717) is 47.6 Å². The number of aliphatic imine (C=N–C) groups is 2. The molecule has 0 amide bonds. The van der Waals surface area contributed by atoms with Gasteiger partial charge in [0.1, 0.15) is 40.5 Å². The Morgan fingerprint density at radius 3 is 1.02 bits per heavy atom. The van der Waals surface area contributed by atoms with Crippen molar-refractivity contribution >= 4 is 11.8 Å². The number of rotatable bonds is 14. The molecule has 0 fully saturated rings. The zero-order valence-corrected chi connectivity index (χ0v) is 32.6. The van der Waals surface area contributed by atoms with Crippen LogP contribution in [0.15, 0.2) is 168 Å². The predicted octanol–water partition coefficient (Wildman–Crippen LogP) is 10.3. The van der Waals surface area contributed by atoms with Crippen molar-refractivity contribution in [2.45, 2.75) is 37.1 Å². The maximum Gasteiger partial charge on any atom is 0.201 e. The average Bonchev–Trinajstić information content (AvgIpc) is 3.94. The van der Waals surface area contributed by atoms with Crippen LogP contribution in [-0.2, 0) is 22.3 Å². The molecule has 0 spiro atoms. The van der Waals surface area contributed by atoms with Crippen molar-refractivity contribution in [3.05, 3.63) is 191 Å². The second kappa shape index (κ2) is 16.7. The monoisotopic (exact) mass is 758 g/mol. The first-order valence-electron chi connectivity index (χ1n) is 19.1. The van der Waals surface area contributed by atoms with Crippen molar-refractivity contribution in [2.24, 2.45) is 15.4 Å². The molecular formula is C49H46N2O6. The second-order valence-electron chi connectivity index (χ2n) is 14.4. The lowest BCUT2D eigenvalue weighted by Gasteiger charge is -2.34. The molecular weight excluding hydrogens is 713 g/mol. The first kappa shape index (κ1) is 37.4. The maximum absolute atomic E-state index is 7.31. The van der Waals surface area contributed by atoms with E-state index in [-0.39, 0.29) is 12.1 Å². The number of methoxy groups -OCH3 is 4. The smallest absolute Gasteiger partial charge is 0.201 e. The highest BCUT2D eigenvalue weighted by Gasteiger charge is 2.53. The zero-order chi connectivity index (χ0) is 39.2. The summed E-state index contributed by atoms with van der Waals surface area (Å²) in [6, 6.07) is 52.4. The van der Waals surface area contributed by atoms with Crippen molar-refractivity contribution in [3.63, 3.8) is 0 Å². The number of hydrogen-bond donors (Lipinski definition) is 0. The molecule has 2 aliphatic heterocycles. The van der Waals surface area contributed by atoms with E-state index in [1.165, 1.54) is 0 Å². The Morgan fingerprint density at radius 1 is 0.421 bits per heavy atom. The van der Waals surface area contributed by atoms with Crippen LogP contribution in [0.1, 0.15) is 57.7 Å².